The Hall–Kier alpha value is -0.803. The van der Waals surface area contributed by atoms with Gasteiger partial charge in [-0.25, -0.2) is 0 Å². The molecule has 0 spiro atoms. The van der Waals surface area contributed by atoms with Gasteiger partial charge < -0.3 is 9.16 Å². The van der Waals surface area contributed by atoms with Gasteiger partial charge in [-0.2, -0.15) is 0 Å². The Morgan fingerprint density at radius 1 is 1.06 bits per heavy atom. The monoisotopic (exact) mass is 236 g/mol. The molecule has 16 heavy (non-hydrogen) atoms. The van der Waals surface area contributed by atoms with Crippen LogP contribution in [0.4, 0.5) is 0 Å². The zero-order valence-corrected chi connectivity index (χ0v) is 11.2. The average Bonchev–Trinajstić information content (AvgIpc) is 2.31. The fourth-order valence-corrected chi connectivity index (χ4v) is 2.13. The molecular weight excluding hydrogens is 216 g/mol. The lowest BCUT2D eigenvalue weighted by Gasteiger charge is -2.04. The minimum atomic E-state index is 0.657. The Labute approximate surface area is 101 Å². The maximum atomic E-state index is 5.40. The van der Waals surface area contributed by atoms with Crippen LogP contribution in [0, 0.1) is 0 Å². The zero-order chi connectivity index (χ0) is 11.6. The van der Waals surface area contributed by atoms with E-state index < -0.39 is 0 Å². The van der Waals surface area contributed by atoms with Crippen LogP contribution in [0.5, 0.6) is 5.75 Å². The topological polar surface area (TPSA) is 18.5 Å². The molecule has 2 radical (unpaired) electrons. The van der Waals surface area contributed by atoms with Crippen LogP contribution in [0.2, 0.25) is 6.04 Å². The fourth-order valence-electron chi connectivity index (χ4n) is 1.46. The van der Waals surface area contributed by atoms with Crippen molar-refractivity contribution in [1.82, 2.24) is 0 Å². The molecule has 0 saturated carbocycles. The number of rotatable bonds is 8. The molecule has 0 aromatic heterocycles. The molecule has 0 heterocycles. The minimum absolute atomic E-state index is 0.657. The number of aryl methyl sites for hydroxylation is 1. The van der Waals surface area contributed by atoms with E-state index in [1.807, 2.05) is 26.0 Å². The predicted molar refractivity (Wildman–Crippen MR) is 68.1 cm³/mol. The second-order valence-electron chi connectivity index (χ2n) is 3.51. The lowest BCUT2D eigenvalue weighted by molar-refractivity contribution is 0.340. The van der Waals surface area contributed by atoms with E-state index in [2.05, 4.69) is 12.1 Å². The van der Waals surface area contributed by atoms with Crippen LogP contribution < -0.4 is 4.74 Å². The molecule has 0 unspecified atom stereocenters. The summed E-state index contributed by atoms with van der Waals surface area (Å²) in [5.74, 6) is 0.961. The van der Waals surface area contributed by atoms with E-state index in [9.17, 15) is 0 Å². The van der Waals surface area contributed by atoms with Gasteiger partial charge in [-0.05, 0) is 50.4 Å². The molecule has 0 aliphatic rings. The standard InChI is InChI=1S/C13H20O2Si/c1-3-14-13-9-7-12(8-10-13)6-5-11-16-15-4-2/h7-10H,3-6,11H2,1-2H3. The highest BCUT2D eigenvalue weighted by molar-refractivity contribution is 6.26. The zero-order valence-electron chi connectivity index (χ0n) is 10.2. The van der Waals surface area contributed by atoms with Crippen molar-refractivity contribution in [3.63, 3.8) is 0 Å². The molecule has 1 aromatic rings. The number of hydrogen-bond acceptors (Lipinski definition) is 2. The van der Waals surface area contributed by atoms with Gasteiger partial charge in [0.15, 0.2) is 0 Å². The molecule has 2 nitrogen and oxygen atoms in total. The molecule has 0 amide bonds. The van der Waals surface area contributed by atoms with Crippen LogP contribution in [-0.4, -0.2) is 23.0 Å². The van der Waals surface area contributed by atoms with E-state index in [1.54, 1.807) is 0 Å². The van der Waals surface area contributed by atoms with Crippen molar-refractivity contribution in [2.45, 2.75) is 32.7 Å². The first kappa shape index (κ1) is 13.3. The first-order valence-corrected chi connectivity index (χ1v) is 7.04. The number of hydrogen-bond donors (Lipinski definition) is 0. The van der Waals surface area contributed by atoms with Gasteiger partial charge >= 0.3 is 0 Å². The highest BCUT2D eigenvalue weighted by atomic mass is 28.2. The van der Waals surface area contributed by atoms with Crippen molar-refractivity contribution < 1.29 is 9.16 Å². The van der Waals surface area contributed by atoms with Crippen LogP contribution in [0.15, 0.2) is 24.3 Å². The van der Waals surface area contributed by atoms with Gasteiger partial charge in [0.05, 0.1) is 6.61 Å². The number of benzene rings is 1. The van der Waals surface area contributed by atoms with Crippen LogP contribution >= 0.6 is 0 Å². The van der Waals surface area contributed by atoms with Crippen molar-refractivity contribution in [2.24, 2.45) is 0 Å². The van der Waals surface area contributed by atoms with Crippen molar-refractivity contribution >= 4 is 9.76 Å². The van der Waals surface area contributed by atoms with Crippen LogP contribution in [0.1, 0.15) is 25.8 Å². The molecule has 0 atom stereocenters. The van der Waals surface area contributed by atoms with Gasteiger partial charge in [0, 0.05) is 6.61 Å². The Morgan fingerprint density at radius 3 is 2.44 bits per heavy atom. The molecule has 0 bridgehead atoms. The molecule has 88 valence electrons. The summed E-state index contributed by atoms with van der Waals surface area (Å²) in [4.78, 5) is 0. The lowest BCUT2D eigenvalue weighted by atomic mass is 10.1. The Balaban J connectivity index is 2.21. The molecular formula is C13H20O2Si. The molecule has 3 heteroatoms. The lowest BCUT2D eigenvalue weighted by Crippen LogP contribution is -1.98. The van der Waals surface area contributed by atoms with Gasteiger partial charge in [0.25, 0.3) is 0 Å². The quantitative estimate of drug-likeness (QED) is 0.510. The van der Waals surface area contributed by atoms with Crippen molar-refractivity contribution in [3.8, 4) is 5.75 Å². The third-order valence-corrected chi connectivity index (χ3v) is 3.28. The van der Waals surface area contributed by atoms with Crippen LogP contribution in [0.25, 0.3) is 0 Å². The molecule has 0 aliphatic heterocycles. The van der Waals surface area contributed by atoms with E-state index >= 15 is 0 Å². The average molecular weight is 236 g/mol. The SMILES string of the molecule is CCO[Si]CCCc1ccc(OCC)cc1. The largest absolute Gasteiger partial charge is 0.494 e. The Morgan fingerprint density at radius 2 is 1.81 bits per heavy atom. The summed E-state index contributed by atoms with van der Waals surface area (Å²) in [6.07, 6.45) is 2.33. The third-order valence-electron chi connectivity index (χ3n) is 2.23. The summed E-state index contributed by atoms with van der Waals surface area (Å²) in [6.45, 7) is 5.61. The van der Waals surface area contributed by atoms with Crippen molar-refractivity contribution in [1.29, 1.82) is 0 Å². The highest BCUT2D eigenvalue weighted by Crippen LogP contribution is 2.13. The summed E-state index contributed by atoms with van der Waals surface area (Å²) in [6, 6.07) is 9.55. The van der Waals surface area contributed by atoms with E-state index in [-0.39, 0.29) is 0 Å². The molecule has 0 aliphatic carbocycles. The molecule has 1 aromatic carbocycles. The summed E-state index contributed by atoms with van der Waals surface area (Å²) < 4.78 is 10.7. The summed E-state index contributed by atoms with van der Waals surface area (Å²) >= 11 is 0. The number of ether oxygens (including phenoxy) is 1. The Kier molecular flexibility index (Phi) is 6.93. The summed E-state index contributed by atoms with van der Waals surface area (Å²) in [5.41, 5.74) is 1.38. The summed E-state index contributed by atoms with van der Waals surface area (Å²) in [5, 5.41) is 0. The van der Waals surface area contributed by atoms with E-state index in [0.29, 0.717) is 9.76 Å². The van der Waals surface area contributed by atoms with E-state index in [4.69, 9.17) is 9.16 Å². The molecule has 0 fully saturated rings. The van der Waals surface area contributed by atoms with Gasteiger partial charge in [0.1, 0.15) is 5.75 Å². The second kappa shape index (κ2) is 8.36. The first-order chi connectivity index (χ1) is 7.86. The van der Waals surface area contributed by atoms with Crippen LogP contribution in [-0.2, 0) is 10.8 Å². The normalized spacial score (nSPS) is 10.4. The van der Waals surface area contributed by atoms with Gasteiger partial charge in [-0.3, -0.25) is 0 Å². The van der Waals surface area contributed by atoms with Crippen molar-refractivity contribution in [3.05, 3.63) is 29.8 Å². The molecule has 0 saturated heterocycles. The molecule has 0 N–H and O–H groups in total. The van der Waals surface area contributed by atoms with Gasteiger partial charge in [-0.1, -0.05) is 12.1 Å². The highest BCUT2D eigenvalue weighted by Gasteiger charge is 1.96. The molecule has 1 rings (SSSR count). The Bertz CT molecular complexity index is 272. The second-order valence-corrected chi connectivity index (χ2v) is 4.59. The predicted octanol–water partition coefficient (Wildman–Crippen LogP) is 3.09. The third kappa shape index (κ3) is 5.33. The van der Waals surface area contributed by atoms with E-state index in [1.165, 1.54) is 18.0 Å². The first-order valence-electron chi connectivity index (χ1n) is 5.93. The maximum absolute atomic E-state index is 5.40. The van der Waals surface area contributed by atoms with Gasteiger partial charge in [0.2, 0.25) is 9.76 Å². The maximum Gasteiger partial charge on any atom is 0.229 e. The van der Waals surface area contributed by atoms with Gasteiger partial charge in [-0.15, -0.1) is 0 Å². The minimum Gasteiger partial charge on any atom is -0.494 e. The van der Waals surface area contributed by atoms with E-state index in [0.717, 1.165) is 25.4 Å². The summed E-state index contributed by atoms with van der Waals surface area (Å²) in [7, 11) is 0.657. The fraction of sp³-hybridized carbons (Fsp3) is 0.538. The van der Waals surface area contributed by atoms with Crippen LogP contribution in [0.3, 0.4) is 0 Å². The smallest absolute Gasteiger partial charge is 0.229 e. The van der Waals surface area contributed by atoms with Crippen molar-refractivity contribution in [2.75, 3.05) is 13.2 Å².